The number of hydrogen-bond donors (Lipinski definition) is 1. The maximum atomic E-state index is 10.9. The second kappa shape index (κ2) is 12.6. The van der Waals surface area contributed by atoms with Crippen LogP contribution in [0.1, 0.15) is 95.2 Å². The van der Waals surface area contributed by atoms with E-state index in [1.807, 2.05) is 6.92 Å². The van der Waals surface area contributed by atoms with E-state index in [0.717, 1.165) is 25.0 Å². The lowest BCUT2D eigenvalue weighted by atomic mass is 10.0. The van der Waals surface area contributed by atoms with Crippen molar-refractivity contribution in [1.29, 1.82) is 0 Å². The van der Waals surface area contributed by atoms with Crippen LogP contribution in [0.4, 0.5) is 5.69 Å². The summed E-state index contributed by atoms with van der Waals surface area (Å²) in [4.78, 5) is 10.5. The number of fused-ring (bicyclic) bond motifs is 1. The molecular weight excluding hydrogens is 442 g/mol. The van der Waals surface area contributed by atoms with E-state index in [4.69, 9.17) is 16.3 Å². The molecule has 3 rings (SSSR count). The Morgan fingerprint density at radius 2 is 1.64 bits per heavy atom. The van der Waals surface area contributed by atoms with Crippen LogP contribution in [0.25, 0.3) is 5.65 Å². The molecule has 3 aromatic rings. The monoisotopic (exact) mass is 475 g/mol. The number of nitro benzene ring substituents is 1. The van der Waals surface area contributed by atoms with Gasteiger partial charge in [0.15, 0.2) is 17.6 Å². The van der Waals surface area contributed by atoms with Crippen molar-refractivity contribution in [2.75, 3.05) is 0 Å². The molecule has 8 nitrogen and oxygen atoms in total. The van der Waals surface area contributed by atoms with Gasteiger partial charge in [0.05, 0.1) is 10.6 Å². The van der Waals surface area contributed by atoms with Crippen molar-refractivity contribution < 1.29 is 9.66 Å². The van der Waals surface area contributed by atoms with Crippen LogP contribution in [-0.2, 0) is 0 Å². The summed E-state index contributed by atoms with van der Waals surface area (Å²) in [5, 5.41) is 23.2. The van der Waals surface area contributed by atoms with Gasteiger partial charge in [-0.25, -0.2) is 4.52 Å². The summed E-state index contributed by atoms with van der Waals surface area (Å²) < 4.78 is 7.99. The van der Waals surface area contributed by atoms with E-state index in [1.165, 1.54) is 63.5 Å². The number of nitrogens with one attached hydrogen (secondary N) is 1. The van der Waals surface area contributed by atoms with Crippen molar-refractivity contribution in [2.24, 2.45) is 0 Å². The zero-order valence-corrected chi connectivity index (χ0v) is 20.3. The summed E-state index contributed by atoms with van der Waals surface area (Å²) >= 11 is 6.32. The first-order valence-electron chi connectivity index (χ1n) is 12.0. The molecule has 33 heavy (non-hydrogen) atoms. The number of aromatic amines is 1. The molecule has 180 valence electrons. The maximum Gasteiger partial charge on any atom is 0.269 e. The number of benzene rings is 1. The van der Waals surface area contributed by atoms with Gasteiger partial charge in [0, 0.05) is 12.1 Å². The number of nitro groups is 1. The van der Waals surface area contributed by atoms with E-state index in [2.05, 4.69) is 22.2 Å². The third kappa shape index (κ3) is 6.93. The number of aryl methyl sites for hydroxylation is 1. The molecule has 2 aromatic heterocycles. The van der Waals surface area contributed by atoms with Crippen LogP contribution in [0.2, 0.25) is 5.02 Å². The zero-order chi connectivity index (χ0) is 23.6. The lowest BCUT2D eigenvalue weighted by molar-refractivity contribution is -0.384. The summed E-state index contributed by atoms with van der Waals surface area (Å²) in [7, 11) is 0. The average molecular weight is 476 g/mol. The van der Waals surface area contributed by atoms with E-state index >= 15 is 0 Å². The Kier molecular flexibility index (Phi) is 9.54. The van der Waals surface area contributed by atoms with Crippen molar-refractivity contribution in [2.45, 2.75) is 90.6 Å². The fourth-order valence-corrected chi connectivity index (χ4v) is 4.17. The highest BCUT2D eigenvalue weighted by Crippen LogP contribution is 2.29. The average Bonchev–Trinajstić information content (AvgIpc) is 3.34. The molecule has 0 amide bonds. The number of non-ortho nitro benzene ring substituents is 1. The molecule has 1 unspecified atom stereocenters. The van der Waals surface area contributed by atoms with Gasteiger partial charge in [0.25, 0.3) is 5.69 Å². The van der Waals surface area contributed by atoms with Crippen LogP contribution in [0.3, 0.4) is 0 Å². The first kappa shape index (κ1) is 25.0. The Morgan fingerprint density at radius 3 is 2.24 bits per heavy atom. The number of ether oxygens (including phenoxy) is 1. The lowest BCUT2D eigenvalue weighted by Crippen LogP contribution is -2.12. The Bertz CT molecular complexity index is 1020. The van der Waals surface area contributed by atoms with Gasteiger partial charge < -0.3 is 4.74 Å². The topological polar surface area (TPSA) is 98.3 Å². The highest BCUT2D eigenvalue weighted by atomic mass is 35.5. The van der Waals surface area contributed by atoms with E-state index in [1.54, 1.807) is 16.6 Å². The van der Waals surface area contributed by atoms with Gasteiger partial charge in [0.1, 0.15) is 10.8 Å². The summed E-state index contributed by atoms with van der Waals surface area (Å²) in [5.41, 5.74) is 1.42. The fourth-order valence-electron chi connectivity index (χ4n) is 4.01. The number of aromatic nitrogens is 4. The Hall–Kier alpha value is -2.61. The molecule has 0 aliphatic heterocycles. The highest BCUT2D eigenvalue weighted by Gasteiger charge is 2.23. The SMILES string of the molecule is CCCCCCCCCCCCC(Oc1ccc([N+](=O)[O-])cc1)c1nnc2c(Cl)c(C)[nH]n12. The number of nitrogens with zero attached hydrogens (tertiary/aromatic N) is 4. The Labute approximate surface area is 199 Å². The molecule has 0 saturated carbocycles. The second-order valence-corrected chi connectivity index (χ2v) is 8.97. The van der Waals surface area contributed by atoms with Gasteiger partial charge in [-0.05, 0) is 31.9 Å². The van der Waals surface area contributed by atoms with Crippen LogP contribution in [0.5, 0.6) is 5.75 Å². The molecule has 0 spiro atoms. The lowest BCUT2D eigenvalue weighted by Gasteiger charge is -2.17. The van der Waals surface area contributed by atoms with Crippen LogP contribution in [0, 0.1) is 17.0 Å². The minimum atomic E-state index is -0.420. The van der Waals surface area contributed by atoms with Crippen molar-refractivity contribution in [3.05, 3.63) is 50.9 Å². The fraction of sp³-hybridized carbons (Fsp3) is 0.583. The molecule has 0 fully saturated rings. The van der Waals surface area contributed by atoms with Gasteiger partial charge in [-0.15, -0.1) is 10.2 Å². The van der Waals surface area contributed by atoms with E-state index < -0.39 is 4.92 Å². The zero-order valence-electron chi connectivity index (χ0n) is 19.6. The smallest absolute Gasteiger partial charge is 0.269 e. The van der Waals surface area contributed by atoms with Crippen LogP contribution in [0.15, 0.2) is 24.3 Å². The molecule has 0 radical (unpaired) electrons. The predicted molar refractivity (Wildman–Crippen MR) is 130 cm³/mol. The molecule has 0 bridgehead atoms. The van der Waals surface area contributed by atoms with Crippen LogP contribution in [-0.4, -0.2) is 24.7 Å². The normalized spacial score (nSPS) is 12.3. The third-order valence-electron chi connectivity index (χ3n) is 5.93. The van der Waals surface area contributed by atoms with Crippen molar-refractivity contribution >= 4 is 22.9 Å². The Balaban J connectivity index is 1.59. The molecule has 1 N–H and O–H groups in total. The van der Waals surface area contributed by atoms with Gasteiger partial charge in [0.2, 0.25) is 0 Å². The minimum absolute atomic E-state index is 0.0326. The number of halogens is 1. The number of unbranched alkanes of at least 4 members (excludes halogenated alkanes) is 9. The summed E-state index contributed by atoms with van der Waals surface area (Å²) in [6.45, 7) is 4.13. The van der Waals surface area contributed by atoms with Crippen LogP contribution >= 0.6 is 11.6 Å². The molecule has 1 atom stereocenters. The summed E-state index contributed by atoms with van der Waals surface area (Å²) in [6.07, 6.45) is 13.0. The standard InChI is InChI=1S/C24H34ClN5O3/c1-3-4-5-6-7-8-9-10-11-12-13-21(33-20-16-14-19(15-17-20)30(31)32)23-26-27-24-22(25)18(2)28-29(23)24/h14-17,21,28H,3-13H2,1-2H3. The number of H-pyrrole nitrogens is 1. The molecular formula is C24H34ClN5O3. The number of rotatable bonds is 15. The van der Waals surface area contributed by atoms with E-state index in [0.29, 0.717) is 22.2 Å². The predicted octanol–water partition coefficient (Wildman–Crippen LogP) is 7.36. The van der Waals surface area contributed by atoms with Crippen molar-refractivity contribution in [3.63, 3.8) is 0 Å². The van der Waals surface area contributed by atoms with Crippen molar-refractivity contribution in [1.82, 2.24) is 19.8 Å². The largest absolute Gasteiger partial charge is 0.482 e. The second-order valence-electron chi connectivity index (χ2n) is 8.60. The number of hydrogen-bond acceptors (Lipinski definition) is 5. The molecule has 0 aliphatic carbocycles. The van der Waals surface area contributed by atoms with E-state index in [9.17, 15) is 10.1 Å². The van der Waals surface area contributed by atoms with E-state index in [-0.39, 0.29) is 11.8 Å². The molecule has 9 heteroatoms. The minimum Gasteiger partial charge on any atom is -0.482 e. The molecule has 1 aromatic carbocycles. The maximum absolute atomic E-state index is 10.9. The summed E-state index contributed by atoms with van der Waals surface area (Å²) in [6, 6.07) is 6.13. The molecule has 2 heterocycles. The van der Waals surface area contributed by atoms with Gasteiger partial charge in [-0.1, -0.05) is 76.3 Å². The van der Waals surface area contributed by atoms with Gasteiger partial charge >= 0.3 is 0 Å². The Morgan fingerprint density at radius 1 is 1.03 bits per heavy atom. The van der Waals surface area contributed by atoms with Gasteiger partial charge in [-0.3, -0.25) is 15.2 Å². The molecule has 0 saturated heterocycles. The quantitative estimate of drug-likeness (QED) is 0.140. The third-order valence-corrected chi connectivity index (χ3v) is 6.38. The van der Waals surface area contributed by atoms with Crippen molar-refractivity contribution in [3.8, 4) is 5.75 Å². The first-order chi connectivity index (χ1) is 16.0. The molecule has 0 aliphatic rings. The first-order valence-corrected chi connectivity index (χ1v) is 12.4. The summed E-state index contributed by atoms with van der Waals surface area (Å²) in [5.74, 6) is 1.21. The van der Waals surface area contributed by atoms with Gasteiger partial charge in [-0.2, -0.15) is 0 Å². The van der Waals surface area contributed by atoms with Crippen LogP contribution < -0.4 is 4.74 Å². The highest BCUT2D eigenvalue weighted by molar-refractivity contribution is 6.34.